The Morgan fingerprint density at radius 3 is 2.48 bits per heavy atom. The molecule has 2 aromatic rings. The van der Waals surface area contributed by atoms with Gasteiger partial charge in [0.15, 0.2) is 0 Å². The van der Waals surface area contributed by atoms with Crippen LogP contribution < -0.4 is 10.5 Å². The molecule has 0 aliphatic carbocycles. The summed E-state index contributed by atoms with van der Waals surface area (Å²) in [6.45, 7) is 10.6. The highest BCUT2D eigenvalue weighted by Crippen LogP contribution is 2.34. The van der Waals surface area contributed by atoms with Gasteiger partial charge in [-0.25, -0.2) is 4.98 Å². The summed E-state index contributed by atoms with van der Waals surface area (Å²) < 4.78 is 6.02. The zero-order chi connectivity index (χ0) is 15.6. The summed E-state index contributed by atoms with van der Waals surface area (Å²) in [7, 11) is 0. The molecule has 2 N–H and O–H groups in total. The third-order valence-corrected chi connectivity index (χ3v) is 3.44. The summed E-state index contributed by atoms with van der Waals surface area (Å²) in [6, 6.07) is 10.0. The van der Waals surface area contributed by atoms with Gasteiger partial charge >= 0.3 is 0 Å². The third kappa shape index (κ3) is 3.82. The van der Waals surface area contributed by atoms with E-state index < -0.39 is 0 Å². The van der Waals surface area contributed by atoms with Crippen LogP contribution in [-0.2, 0) is 5.41 Å². The Bertz CT molecular complexity index is 627. The Morgan fingerprint density at radius 1 is 1.14 bits per heavy atom. The number of nitrogens with zero attached hydrogens (tertiary/aromatic N) is 1. The number of benzene rings is 1. The largest absolute Gasteiger partial charge is 0.439 e. The van der Waals surface area contributed by atoms with Crippen molar-refractivity contribution < 1.29 is 4.74 Å². The second-order valence-corrected chi connectivity index (χ2v) is 6.57. The molecule has 21 heavy (non-hydrogen) atoms. The maximum Gasteiger partial charge on any atom is 0.219 e. The van der Waals surface area contributed by atoms with Crippen molar-refractivity contribution in [3.63, 3.8) is 0 Å². The minimum atomic E-state index is -0.0320. The number of rotatable bonds is 3. The quantitative estimate of drug-likeness (QED) is 0.902. The number of nitrogens with two attached hydrogens (primary N) is 1. The van der Waals surface area contributed by atoms with Crippen molar-refractivity contribution in [2.24, 2.45) is 5.73 Å². The molecule has 3 nitrogen and oxygen atoms in total. The van der Waals surface area contributed by atoms with Crippen LogP contribution in [-0.4, -0.2) is 4.98 Å². The summed E-state index contributed by atoms with van der Waals surface area (Å²) in [4.78, 5) is 4.28. The summed E-state index contributed by atoms with van der Waals surface area (Å²) in [5.41, 5.74) is 9.35. The smallest absolute Gasteiger partial charge is 0.219 e. The summed E-state index contributed by atoms with van der Waals surface area (Å²) in [5.74, 6) is 1.43. The molecule has 0 spiro atoms. The predicted molar refractivity (Wildman–Crippen MR) is 86.8 cm³/mol. The first-order valence-corrected chi connectivity index (χ1v) is 7.28. The third-order valence-electron chi connectivity index (χ3n) is 3.44. The molecule has 1 heterocycles. The van der Waals surface area contributed by atoms with Crippen LogP contribution >= 0.6 is 0 Å². The molecule has 2 rings (SSSR count). The lowest BCUT2D eigenvalue weighted by Gasteiger charge is -2.23. The van der Waals surface area contributed by atoms with Gasteiger partial charge in [0, 0.05) is 23.9 Å². The van der Waals surface area contributed by atoms with Gasteiger partial charge in [0.25, 0.3) is 0 Å². The first-order chi connectivity index (χ1) is 9.77. The monoisotopic (exact) mass is 284 g/mol. The second-order valence-electron chi connectivity index (χ2n) is 6.57. The number of ether oxygens (including phenoxy) is 1. The molecule has 1 atom stereocenters. The van der Waals surface area contributed by atoms with Gasteiger partial charge in [0.2, 0.25) is 5.88 Å². The van der Waals surface area contributed by atoms with Gasteiger partial charge in [-0.2, -0.15) is 0 Å². The van der Waals surface area contributed by atoms with E-state index in [1.807, 2.05) is 25.1 Å². The van der Waals surface area contributed by atoms with Crippen molar-refractivity contribution in [2.45, 2.75) is 46.1 Å². The minimum Gasteiger partial charge on any atom is -0.439 e. The van der Waals surface area contributed by atoms with Crippen LogP contribution in [0, 0.1) is 6.92 Å². The molecule has 0 saturated carbocycles. The fourth-order valence-corrected chi connectivity index (χ4v) is 2.20. The van der Waals surface area contributed by atoms with Crippen LogP contribution in [0.2, 0.25) is 0 Å². The maximum atomic E-state index is 6.02. The molecule has 112 valence electrons. The Kier molecular flexibility index (Phi) is 4.33. The van der Waals surface area contributed by atoms with E-state index in [2.05, 4.69) is 44.8 Å². The van der Waals surface area contributed by atoms with Crippen LogP contribution in [0.1, 0.15) is 50.4 Å². The van der Waals surface area contributed by atoms with Gasteiger partial charge in [-0.1, -0.05) is 38.5 Å². The fraction of sp³-hybridized carbons (Fsp3) is 0.389. The lowest BCUT2D eigenvalue weighted by molar-refractivity contribution is 0.438. The van der Waals surface area contributed by atoms with Gasteiger partial charge in [0.1, 0.15) is 5.75 Å². The lowest BCUT2D eigenvalue weighted by atomic mass is 9.85. The van der Waals surface area contributed by atoms with Crippen LogP contribution in [0.3, 0.4) is 0 Å². The van der Waals surface area contributed by atoms with Crippen molar-refractivity contribution in [3.05, 3.63) is 53.2 Å². The topological polar surface area (TPSA) is 48.1 Å². The average Bonchev–Trinajstić information content (AvgIpc) is 2.40. The number of pyridine rings is 1. The van der Waals surface area contributed by atoms with Crippen LogP contribution in [0.15, 0.2) is 36.5 Å². The van der Waals surface area contributed by atoms with E-state index in [9.17, 15) is 0 Å². The summed E-state index contributed by atoms with van der Waals surface area (Å²) >= 11 is 0. The van der Waals surface area contributed by atoms with Gasteiger partial charge in [-0.05, 0) is 37.0 Å². The van der Waals surface area contributed by atoms with E-state index in [1.54, 1.807) is 6.20 Å². The van der Waals surface area contributed by atoms with E-state index in [4.69, 9.17) is 10.5 Å². The molecule has 0 saturated heterocycles. The van der Waals surface area contributed by atoms with E-state index in [1.165, 1.54) is 11.1 Å². The molecular weight excluding hydrogens is 260 g/mol. The average molecular weight is 284 g/mol. The SMILES string of the molecule is Cc1ccc(Oc2cc([C@@H](C)N)ccn2)c(C(C)(C)C)c1. The second kappa shape index (κ2) is 5.86. The molecule has 0 bridgehead atoms. The van der Waals surface area contributed by atoms with Gasteiger partial charge in [-0.3, -0.25) is 0 Å². The first-order valence-electron chi connectivity index (χ1n) is 7.28. The maximum absolute atomic E-state index is 6.02. The molecule has 1 aromatic heterocycles. The van der Waals surface area contributed by atoms with Crippen molar-refractivity contribution in [2.75, 3.05) is 0 Å². The molecule has 1 aromatic carbocycles. The zero-order valence-corrected chi connectivity index (χ0v) is 13.5. The first kappa shape index (κ1) is 15.5. The van der Waals surface area contributed by atoms with Crippen molar-refractivity contribution >= 4 is 0 Å². The van der Waals surface area contributed by atoms with E-state index >= 15 is 0 Å². The minimum absolute atomic E-state index is 0.0140. The highest BCUT2D eigenvalue weighted by atomic mass is 16.5. The molecular formula is C18H24N2O. The van der Waals surface area contributed by atoms with Crippen molar-refractivity contribution in [3.8, 4) is 11.6 Å². The molecule has 0 aliphatic rings. The Balaban J connectivity index is 2.38. The molecule has 0 radical (unpaired) electrons. The number of aryl methyl sites for hydroxylation is 1. The van der Waals surface area contributed by atoms with E-state index in [0.717, 1.165) is 11.3 Å². The Hall–Kier alpha value is -1.87. The van der Waals surface area contributed by atoms with Crippen LogP contribution in [0.25, 0.3) is 0 Å². The molecule has 0 fully saturated rings. The summed E-state index contributed by atoms with van der Waals surface area (Å²) in [5, 5.41) is 0. The standard InChI is InChI=1S/C18H24N2O/c1-12-6-7-16(15(10-12)18(3,4)5)21-17-11-14(13(2)19)8-9-20-17/h6-11,13H,19H2,1-5H3/t13-/m1/s1. The van der Waals surface area contributed by atoms with Gasteiger partial charge in [0.05, 0.1) is 0 Å². The normalized spacial score (nSPS) is 13.0. The number of hydrogen-bond acceptors (Lipinski definition) is 3. The van der Waals surface area contributed by atoms with Gasteiger partial charge < -0.3 is 10.5 Å². The highest BCUT2D eigenvalue weighted by molar-refractivity contribution is 5.43. The predicted octanol–water partition coefficient (Wildman–Crippen LogP) is 4.50. The van der Waals surface area contributed by atoms with E-state index in [-0.39, 0.29) is 11.5 Å². The lowest BCUT2D eigenvalue weighted by Crippen LogP contribution is -2.13. The van der Waals surface area contributed by atoms with Crippen LogP contribution in [0.5, 0.6) is 11.6 Å². The molecule has 0 amide bonds. The molecule has 3 heteroatoms. The zero-order valence-electron chi connectivity index (χ0n) is 13.5. The van der Waals surface area contributed by atoms with Crippen LogP contribution in [0.4, 0.5) is 0 Å². The van der Waals surface area contributed by atoms with E-state index in [0.29, 0.717) is 5.88 Å². The van der Waals surface area contributed by atoms with Gasteiger partial charge in [-0.15, -0.1) is 0 Å². The molecule has 0 aliphatic heterocycles. The number of aromatic nitrogens is 1. The number of hydrogen-bond donors (Lipinski definition) is 1. The highest BCUT2D eigenvalue weighted by Gasteiger charge is 2.20. The Labute approximate surface area is 127 Å². The van der Waals surface area contributed by atoms with Crippen molar-refractivity contribution in [1.82, 2.24) is 4.98 Å². The molecule has 0 unspecified atom stereocenters. The fourth-order valence-electron chi connectivity index (χ4n) is 2.20. The van der Waals surface area contributed by atoms with Crippen molar-refractivity contribution in [1.29, 1.82) is 0 Å². The summed E-state index contributed by atoms with van der Waals surface area (Å²) in [6.07, 6.45) is 1.74. The Morgan fingerprint density at radius 2 is 1.86 bits per heavy atom.